The molecule has 0 bridgehead atoms. The molecular weight excluding hydrogens is 530 g/mol. The number of rotatable bonds is 12. The van der Waals surface area contributed by atoms with E-state index in [0.717, 1.165) is 22.4 Å². The van der Waals surface area contributed by atoms with Crippen molar-refractivity contribution in [1.82, 2.24) is 10.6 Å². The fourth-order valence-corrected chi connectivity index (χ4v) is 5.42. The van der Waals surface area contributed by atoms with Crippen LogP contribution in [0.2, 0.25) is 0 Å². The summed E-state index contributed by atoms with van der Waals surface area (Å²) in [6, 6.07) is 6.05. The summed E-state index contributed by atoms with van der Waals surface area (Å²) in [5.74, 6) is 2.19. The number of ether oxygens (including phenoxy) is 3. The molecule has 2 aromatic carbocycles. The van der Waals surface area contributed by atoms with Gasteiger partial charge in [-0.25, -0.2) is 0 Å². The Hall–Kier alpha value is -3.40. The van der Waals surface area contributed by atoms with Gasteiger partial charge in [0.05, 0.1) is 33.1 Å². The van der Waals surface area contributed by atoms with Crippen LogP contribution in [0.25, 0.3) is 11.1 Å². The first kappa shape index (κ1) is 31.1. The number of methoxy groups -OCH3 is 3. The minimum absolute atomic E-state index is 0.143. The second kappa shape index (κ2) is 14.3. The third-order valence-electron chi connectivity index (χ3n) is 6.86. The molecule has 3 rings (SSSR count). The Kier molecular flexibility index (Phi) is 11.1. The molecule has 2 amide bonds. The molecule has 2 atom stereocenters. The number of anilines is 1. The van der Waals surface area contributed by atoms with Gasteiger partial charge in [0.15, 0.2) is 11.5 Å². The number of hydrogen-bond acceptors (Lipinski definition) is 8. The highest BCUT2D eigenvalue weighted by molar-refractivity contribution is 7.98. The number of hydrogen-bond donors (Lipinski definition) is 3. The van der Waals surface area contributed by atoms with Gasteiger partial charge in [-0.1, -0.05) is 19.9 Å². The molecule has 0 fully saturated rings. The van der Waals surface area contributed by atoms with Crippen molar-refractivity contribution < 1.29 is 23.8 Å². The van der Waals surface area contributed by atoms with E-state index < -0.39 is 12.1 Å². The molecule has 0 unspecified atom stereocenters. The van der Waals surface area contributed by atoms with Gasteiger partial charge >= 0.3 is 0 Å². The molecule has 0 saturated carbocycles. The minimum atomic E-state index is -0.571. The number of benzene rings is 1. The van der Waals surface area contributed by atoms with Crippen LogP contribution in [-0.4, -0.2) is 57.7 Å². The second-order valence-corrected chi connectivity index (χ2v) is 11.2. The summed E-state index contributed by atoms with van der Waals surface area (Å²) in [6.07, 6.45) is 3.73. The van der Waals surface area contributed by atoms with E-state index >= 15 is 0 Å². The van der Waals surface area contributed by atoms with Crippen molar-refractivity contribution in [2.24, 2.45) is 5.92 Å². The SMILES string of the molecule is COc1cc2c(c(OC)c1OC)-c1ccc(N[C@@H](CCSC)C(=O)NCC(C)C)c(=O)cc1[C@@H](NC(C)=O)CC2. The molecule has 10 heteroatoms. The lowest BCUT2D eigenvalue weighted by atomic mass is 9.95. The van der Waals surface area contributed by atoms with Gasteiger partial charge in [-0.15, -0.1) is 0 Å². The topological polar surface area (TPSA) is 115 Å². The molecule has 9 nitrogen and oxygen atoms in total. The zero-order chi connectivity index (χ0) is 29.4. The fourth-order valence-electron chi connectivity index (χ4n) is 4.95. The lowest BCUT2D eigenvalue weighted by Gasteiger charge is -2.19. The number of thioether (sulfide) groups is 1. The maximum absolute atomic E-state index is 13.6. The Morgan fingerprint density at radius 1 is 1.07 bits per heavy atom. The molecule has 1 aliphatic rings. The lowest BCUT2D eigenvalue weighted by molar-refractivity contribution is -0.122. The van der Waals surface area contributed by atoms with Crippen LogP contribution in [0.15, 0.2) is 29.1 Å². The van der Waals surface area contributed by atoms with Gasteiger partial charge in [-0.2, -0.15) is 11.8 Å². The summed E-state index contributed by atoms with van der Waals surface area (Å²) in [5.41, 5.74) is 3.16. The summed E-state index contributed by atoms with van der Waals surface area (Å²) < 4.78 is 17.1. The van der Waals surface area contributed by atoms with E-state index in [4.69, 9.17) is 14.2 Å². The average molecular weight is 572 g/mol. The smallest absolute Gasteiger partial charge is 0.242 e. The molecule has 1 aliphatic carbocycles. The van der Waals surface area contributed by atoms with Gasteiger partial charge < -0.3 is 30.2 Å². The predicted octanol–water partition coefficient (Wildman–Crippen LogP) is 4.17. The van der Waals surface area contributed by atoms with Crippen molar-refractivity contribution in [2.45, 2.75) is 52.1 Å². The number of carbonyl (C=O) groups excluding carboxylic acids is 2. The Morgan fingerprint density at radius 3 is 2.40 bits per heavy atom. The first-order chi connectivity index (χ1) is 19.1. The minimum Gasteiger partial charge on any atom is -0.493 e. The molecule has 0 radical (unpaired) electrons. The molecule has 0 aliphatic heterocycles. The largest absolute Gasteiger partial charge is 0.493 e. The van der Waals surface area contributed by atoms with E-state index in [2.05, 4.69) is 16.0 Å². The Labute approximate surface area is 240 Å². The van der Waals surface area contributed by atoms with Crippen molar-refractivity contribution in [2.75, 3.05) is 45.2 Å². The van der Waals surface area contributed by atoms with E-state index in [1.165, 1.54) is 6.92 Å². The zero-order valence-electron chi connectivity index (χ0n) is 24.4. The maximum Gasteiger partial charge on any atom is 0.242 e. The van der Waals surface area contributed by atoms with E-state index in [-0.39, 0.29) is 17.2 Å². The van der Waals surface area contributed by atoms with Crippen LogP contribution in [0.4, 0.5) is 5.69 Å². The lowest BCUT2D eigenvalue weighted by Crippen LogP contribution is -2.42. The molecule has 3 N–H and O–H groups in total. The number of fused-ring (bicyclic) bond motifs is 3. The van der Waals surface area contributed by atoms with Crippen molar-refractivity contribution in [1.29, 1.82) is 0 Å². The summed E-state index contributed by atoms with van der Waals surface area (Å²) in [7, 11) is 4.68. The third-order valence-corrected chi connectivity index (χ3v) is 7.50. The fraction of sp³-hybridized carbons (Fsp3) is 0.500. The van der Waals surface area contributed by atoms with Crippen LogP contribution in [0.1, 0.15) is 50.8 Å². The first-order valence-corrected chi connectivity index (χ1v) is 14.8. The highest BCUT2D eigenvalue weighted by Gasteiger charge is 2.30. The monoisotopic (exact) mass is 571 g/mol. The Bertz CT molecular complexity index is 1280. The highest BCUT2D eigenvalue weighted by atomic mass is 32.2. The first-order valence-electron chi connectivity index (χ1n) is 13.5. The van der Waals surface area contributed by atoms with Gasteiger partial charge in [0.1, 0.15) is 6.04 Å². The predicted molar refractivity (Wildman–Crippen MR) is 161 cm³/mol. The molecule has 0 spiro atoms. The molecule has 218 valence electrons. The van der Waals surface area contributed by atoms with E-state index in [1.54, 1.807) is 45.2 Å². The number of carbonyl (C=O) groups is 2. The van der Waals surface area contributed by atoms with Crippen molar-refractivity contribution in [3.63, 3.8) is 0 Å². The van der Waals surface area contributed by atoms with E-state index in [9.17, 15) is 14.4 Å². The normalized spacial score (nSPS) is 14.8. The maximum atomic E-state index is 13.6. The number of nitrogens with one attached hydrogen (secondary N) is 3. The summed E-state index contributed by atoms with van der Waals surface area (Å²) in [4.78, 5) is 38.8. The summed E-state index contributed by atoms with van der Waals surface area (Å²) in [5, 5.41) is 9.21. The highest BCUT2D eigenvalue weighted by Crippen LogP contribution is 2.50. The molecule has 2 aromatic rings. The number of aryl methyl sites for hydroxylation is 1. The zero-order valence-corrected chi connectivity index (χ0v) is 25.3. The van der Waals surface area contributed by atoms with Gasteiger partial charge in [-0.3, -0.25) is 14.4 Å². The van der Waals surface area contributed by atoms with Crippen LogP contribution < -0.4 is 35.6 Å². The quantitative estimate of drug-likeness (QED) is 0.348. The van der Waals surface area contributed by atoms with Crippen molar-refractivity contribution >= 4 is 29.3 Å². The molecule has 0 aromatic heterocycles. The standard InChI is InChI=1S/C30H41N3O6S/c1-17(2)16-31-30(36)24(12-13-40-7)33-23-11-9-20-21(15-25(23)35)22(32-18(3)34)10-8-19-14-26(37-4)28(38-5)29(39-6)27(19)20/h9,11,14-15,17,22,24H,8,10,12-13,16H2,1-7H3,(H,31,36)(H,32,34)(H,33,35)/t22-,24-/m0/s1. The van der Waals surface area contributed by atoms with Crippen LogP contribution in [0.5, 0.6) is 17.2 Å². The third kappa shape index (κ3) is 7.21. The summed E-state index contributed by atoms with van der Waals surface area (Å²) in [6.45, 7) is 6.09. The van der Waals surface area contributed by atoms with Crippen LogP contribution in [-0.2, 0) is 16.0 Å². The van der Waals surface area contributed by atoms with Crippen LogP contribution >= 0.6 is 11.8 Å². The van der Waals surface area contributed by atoms with Crippen LogP contribution in [0, 0.1) is 5.92 Å². The molecular formula is C30H41N3O6S. The van der Waals surface area contributed by atoms with Crippen LogP contribution in [0.3, 0.4) is 0 Å². The molecule has 40 heavy (non-hydrogen) atoms. The van der Waals surface area contributed by atoms with Gasteiger partial charge in [-0.05, 0) is 72.1 Å². The van der Waals surface area contributed by atoms with Gasteiger partial charge in [0, 0.05) is 19.0 Å². The molecule has 0 heterocycles. The Morgan fingerprint density at radius 2 is 1.80 bits per heavy atom. The van der Waals surface area contributed by atoms with Crippen molar-refractivity contribution in [3.05, 3.63) is 45.6 Å². The molecule has 0 saturated heterocycles. The van der Waals surface area contributed by atoms with E-state index in [0.29, 0.717) is 60.2 Å². The number of amides is 2. The van der Waals surface area contributed by atoms with Gasteiger partial charge in [0.2, 0.25) is 23.0 Å². The average Bonchev–Trinajstić information content (AvgIpc) is 3.16. The van der Waals surface area contributed by atoms with Crippen molar-refractivity contribution in [3.8, 4) is 28.4 Å². The van der Waals surface area contributed by atoms with Gasteiger partial charge in [0.25, 0.3) is 0 Å². The summed E-state index contributed by atoms with van der Waals surface area (Å²) >= 11 is 1.64. The Balaban J connectivity index is 2.20. The second-order valence-electron chi connectivity index (χ2n) is 10.2. The van der Waals surface area contributed by atoms with E-state index in [1.807, 2.05) is 32.2 Å².